The van der Waals surface area contributed by atoms with E-state index in [9.17, 15) is 4.79 Å². The van der Waals surface area contributed by atoms with Crippen molar-refractivity contribution < 1.29 is 14.3 Å². The van der Waals surface area contributed by atoms with Crippen LogP contribution in [0.15, 0.2) is 43.0 Å². The fraction of sp³-hybridized carbons (Fsp3) is 0.182. The molecule has 0 spiro atoms. The van der Waals surface area contributed by atoms with E-state index >= 15 is 0 Å². The first-order chi connectivity index (χ1) is 6.83. The highest BCUT2D eigenvalue weighted by Gasteiger charge is 2.01. The van der Waals surface area contributed by atoms with Crippen LogP contribution < -0.4 is 0 Å². The number of benzene rings is 1. The summed E-state index contributed by atoms with van der Waals surface area (Å²) in [6.07, 6.45) is 0.817. The van der Waals surface area contributed by atoms with Gasteiger partial charge in [0.2, 0.25) is 0 Å². The van der Waals surface area contributed by atoms with Crippen molar-refractivity contribution in [3.05, 3.63) is 48.6 Å². The minimum absolute atomic E-state index is 0.174. The number of rotatable bonds is 4. The van der Waals surface area contributed by atoms with Crippen molar-refractivity contribution in [3.8, 4) is 0 Å². The van der Waals surface area contributed by atoms with E-state index in [0.717, 1.165) is 5.56 Å². The van der Waals surface area contributed by atoms with Crippen LogP contribution in [0.25, 0.3) is 0 Å². The van der Waals surface area contributed by atoms with Gasteiger partial charge in [0.05, 0.1) is 0 Å². The first-order valence-electron chi connectivity index (χ1n) is 4.27. The van der Waals surface area contributed by atoms with Gasteiger partial charge in [-0.2, -0.15) is 0 Å². The molecule has 0 radical (unpaired) electrons. The quantitative estimate of drug-likeness (QED) is 0.543. The number of hydrogen-bond donors (Lipinski definition) is 0. The van der Waals surface area contributed by atoms with E-state index in [4.69, 9.17) is 4.74 Å². The Bertz CT molecular complexity index is 293. The molecule has 0 fully saturated rings. The third-order valence-electron chi connectivity index (χ3n) is 1.52. The summed E-state index contributed by atoms with van der Waals surface area (Å²) in [5.41, 5.74) is 0.933. The Hall–Kier alpha value is -1.77. The molecular weight excluding hydrogens is 180 g/mol. The van der Waals surface area contributed by atoms with Gasteiger partial charge in [-0.25, -0.2) is 4.79 Å². The highest BCUT2D eigenvalue weighted by molar-refractivity contribution is 5.59. The average molecular weight is 192 g/mol. The lowest BCUT2D eigenvalue weighted by molar-refractivity contribution is 0.0577. The van der Waals surface area contributed by atoms with Crippen molar-refractivity contribution in [1.82, 2.24) is 0 Å². The van der Waals surface area contributed by atoms with E-state index in [1.54, 1.807) is 0 Å². The molecule has 0 saturated carbocycles. The summed E-state index contributed by atoms with van der Waals surface area (Å²) >= 11 is 0. The van der Waals surface area contributed by atoms with Gasteiger partial charge in [-0.3, -0.25) is 0 Å². The zero-order valence-electron chi connectivity index (χ0n) is 7.81. The molecule has 3 heteroatoms. The van der Waals surface area contributed by atoms with Crippen molar-refractivity contribution in [2.45, 2.75) is 6.61 Å². The standard InChI is InChI=1S/C11H12O3/c1-2-8-13-11(12)14-9-10-6-4-3-5-7-10/h2-7H,1,8-9H2. The van der Waals surface area contributed by atoms with Crippen LogP contribution in [-0.2, 0) is 16.1 Å². The maximum atomic E-state index is 10.9. The highest BCUT2D eigenvalue weighted by atomic mass is 16.7. The molecule has 0 aliphatic rings. The molecule has 0 bridgehead atoms. The maximum Gasteiger partial charge on any atom is 0.508 e. The third-order valence-corrected chi connectivity index (χ3v) is 1.52. The molecule has 1 aromatic carbocycles. The zero-order chi connectivity index (χ0) is 10.2. The predicted molar refractivity (Wildman–Crippen MR) is 52.8 cm³/mol. The Balaban J connectivity index is 2.27. The fourth-order valence-electron chi connectivity index (χ4n) is 0.885. The lowest BCUT2D eigenvalue weighted by Crippen LogP contribution is -2.07. The average Bonchev–Trinajstić information content (AvgIpc) is 2.25. The molecule has 3 nitrogen and oxygen atoms in total. The molecule has 0 aromatic heterocycles. The second kappa shape index (κ2) is 5.80. The molecule has 0 saturated heterocycles. The fourth-order valence-corrected chi connectivity index (χ4v) is 0.885. The molecule has 0 heterocycles. The van der Waals surface area contributed by atoms with Gasteiger partial charge in [0.15, 0.2) is 0 Å². The minimum atomic E-state index is -0.672. The Labute approximate surface area is 83.0 Å². The van der Waals surface area contributed by atoms with Crippen LogP contribution >= 0.6 is 0 Å². The zero-order valence-corrected chi connectivity index (χ0v) is 7.81. The Morgan fingerprint density at radius 3 is 2.64 bits per heavy atom. The summed E-state index contributed by atoms with van der Waals surface area (Å²) in [4.78, 5) is 10.9. The monoisotopic (exact) mass is 192 g/mol. The van der Waals surface area contributed by atoms with Gasteiger partial charge in [0.25, 0.3) is 0 Å². The Kier molecular flexibility index (Phi) is 4.27. The lowest BCUT2D eigenvalue weighted by Gasteiger charge is -2.03. The number of hydrogen-bond acceptors (Lipinski definition) is 3. The van der Waals surface area contributed by atoms with E-state index in [2.05, 4.69) is 11.3 Å². The van der Waals surface area contributed by atoms with E-state index in [1.165, 1.54) is 6.08 Å². The Morgan fingerprint density at radius 1 is 1.29 bits per heavy atom. The third kappa shape index (κ3) is 3.76. The summed E-state index contributed by atoms with van der Waals surface area (Å²) < 4.78 is 9.45. The lowest BCUT2D eigenvalue weighted by atomic mass is 10.2. The number of carbonyl (C=O) groups is 1. The van der Waals surface area contributed by atoms with Gasteiger partial charge in [-0.1, -0.05) is 43.0 Å². The molecule has 0 N–H and O–H groups in total. The van der Waals surface area contributed by atoms with Gasteiger partial charge in [-0.15, -0.1) is 0 Å². The van der Waals surface area contributed by atoms with Crippen molar-refractivity contribution in [2.75, 3.05) is 6.61 Å². The highest BCUT2D eigenvalue weighted by Crippen LogP contribution is 2.01. The molecule has 0 atom stereocenters. The minimum Gasteiger partial charge on any atom is -0.430 e. The van der Waals surface area contributed by atoms with E-state index in [0.29, 0.717) is 0 Å². The smallest absolute Gasteiger partial charge is 0.430 e. The van der Waals surface area contributed by atoms with Gasteiger partial charge >= 0.3 is 6.16 Å². The molecular formula is C11H12O3. The Morgan fingerprint density at radius 2 is 2.00 bits per heavy atom. The van der Waals surface area contributed by atoms with E-state index in [-0.39, 0.29) is 13.2 Å². The molecule has 1 rings (SSSR count). The molecule has 0 aliphatic heterocycles. The normalized spacial score (nSPS) is 9.14. The summed E-state index contributed by atoms with van der Waals surface area (Å²) in [5, 5.41) is 0. The molecule has 0 amide bonds. The van der Waals surface area contributed by atoms with Crippen LogP contribution in [0.2, 0.25) is 0 Å². The largest absolute Gasteiger partial charge is 0.508 e. The molecule has 1 aromatic rings. The van der Waals surface area contributed by atoms with Crippen LogP contribution in [-0.4, -0.2) is 12.8 Å². The van der Waals surface area contributed by atoms with Crippen LogP contribution in [0.5, 0.6) is 0 Å². The second-order valence-electron chi connectivity index (χ2n) is 2.62. The predicted octanol–water partition coefficient (Wildman–Crippen LogP) is 2.53. The SMILES string of the molecule is C=CCOC(=O)OCc1ccccc1. The first-order valence-corrected chi connectivity index (χ1v) is 4.27. The van der Waals surface area contributed by atoms with Crippen LogP contribution in [0, 0.1) is 0 Å². The van der Waals surface area contributed by atoms with Crippen molar-refractivity contribution in [2.24, 2.45) is 0 Å². The van der Waals surface area contributed by atoms with Crippen molar-refractivity contribution in [3.63, 3.8) is 0 Å². The van der Waals surface area contributed by atoms with Crippen LogP contribution in [0.4, 0.5) is 4.79 Å². The summed E-state index contributed by atoms with van der Waals surface area (Å²) in [5.74, 6) is 0. The second-order valence-corrected chi connectivity index (χ2v) is 2.62. The summed E-state index contributed by atoms with van der Waals surface area (Å²) in [6.45, 7) is 3.83. The van der Waals surface area contributed by atoms with Gasteiger partial charge in [0, 0.05) is 0 Å². The number of carbonyl (C=O) groups excluding carboxylic acids is 1. The van der Waals surface area contributed by atoms with Crippen LogP contribution in [0.1, 0.15) is 5.56 Å². The molecule has 14 heavy (non-hydrogen) atoms. The molecule has 0 aliphatic carbocycles. The molecule has 74 valence electrons. The number of ether oxygens (including phenoxy) is 2. The topological polar surface area (TPSA) is 35.5 Å². The van der Waals surface area contributed by atoms with Crippen LogP contribution in [0.3, 0.4) is 0 Å². The maximum absolute atomic E-state index is 10.9. The van der Waals surface area contributed by atoms with Gasteiger partial charge < -0.3 is 9.47 Å². The van der Waals surface area contributed by atoms with Crippen molar-refractivity contribution in [1.29, 1.82) is 0 Å². The van der Waals surface area contributed by atoms with E-state index < -0.39 is 6.16 Å². The van der Waals surface area contributed by atoms with Crippen molar-refractivity contribution >= 4 is 6.16 Å². The van der Waals surface area contributed by atoms with E-state index in [1.807, 2.05) is 30.3 Å². The first kappa shape index (κ1) is 10.3. The summed E-state index contributed by atoms with van der Waals surface area (Å²) in [7, 11) is 0. The van der Waals surface area contributed by atoms with Gasteiger partial charge in [-0.05, 0) is 5.56 Å². The summed E-state index contributed by atoms with van der Waals surface area (Å²) in [6, 6.07) is 9.42. The molecule has 0 unspecified atom stereocenters. The van der Waals surface area contributed by atoms with Gasteiger partial charge in [0.1, 0.15) is 13.2 Å².